The van der Waals surface area contributed by atoms with Crippen molar-refractivity contribution in [1.29, 1.82) is 0 Å². The minimum Gasteiger partial charge on any atom is -0.327 e. The van der Waals surface area contributed by atoms with Crippen molar-refractivity contribution in [2.24, 2.45) is 5.73 Å². The van der Waals surface area contributed by atoms with Crippen LogP contribution in [0.15, 0.2) is 30.3 Å². The molecule has 1 heteroatoms. The normalized spacial score (nSPS) is 18.5. The van der Waals surface area contributed by atoms with Crippen LogP contribution in [0, 0.1) is 0 Å². The minimum atomic E-state index is 0.296. The average molecular weight is 273 g/mol. The zero-order valence-electron chi connectivity index (χ0n) is 13.1. The van der Waals surface area contributed by atoms with Gasteiger partial charge in [-0.3, -0.25) is 0 Å². The van der Waals surface area contributed by atoms with Crippen molar-refractivity contribution in [3.63, 3.8) is 0 Å². The van der Waals surface area contributed by atoms with Gasteiger partial charge in [0.2, 0.25) is 0 Å². The average Bonchev–Trinajstić information content (AvgIpc) is 2.43. The van der Waals surface area contributed by atoms with Gasteiger partial charge >= 0.3 is 0 Å². The van der Waals surface area contributed by atoms with E-state index in [1.165, 1.54) is 69.8 Å². The Morgan fingerprint density at radius 3 is 2.25 bits per heavy atom. The standard InChI is InChI=1S/C19H31N/c1-2-3-4-5-6-10-14-18(20)19(15-11-16-19)17-12-8-7-9-13-17/h7-9,12-13,18H,2-6,10-11,14-16,20H2,1H3. The Hall–Kier alpha value is -0.820. The molecular formula is C19H31N. The molecule has 0 bridgehead atoms. The summed E-state index contributed by atoms with van der Waals surface area (Å²) in [6.45, 7) is 2.27. The molecule has 1 aliphatic carbocycles. The Morgan fingerprint density at radius 1 is 1.00 bits per heavy atom. The lowest BCUT2D eigenvalue weighted by Gasteiger charge is -2.47. The fraction of sp³-hybridized carbons (Fsp3) is 0.684. The molecular weight excluding hydrogens is 242 g/mol. The summed E-state index contributed by atoms with van der Waals surface area (Å²) in [4.78, 5) is 0. The topological polar surface area (TPSA) is 26.0 Å². The molecule has 0 aliphatic heterocycles. The van der Waals surface area contributed by atoms with Gasteiger partial charge in [-0.25, -0.2) is 0 Å². The van der Waals surface area contributed by atoms with Crippen LogP contribution in [0.5, 0.6) is 0 Å². The van der Waals surface area contributed by atoms with Crippen LogP contribution in [0.25, 0.3) is 0 Å². The second kappa shape index (κ2) is 7.83. The van der Waals surface area contributed by atoms with Gasteiger partial charge < -0.3 is 5.73 Å². The third-order valence-electron chi connectivity index (χ3n) is 5.17. The van der Waals surface area contributed by atoms with Gasteiger partial charge in [0.1, 0.15) is 0 Å². The fourth-order valence-electron chi connectivity index (χ4n) is 3.62. The predicted octanol–water partition coefficient (Wildman–Crippen LogP) is 5.19. The van der Waals surface area contributed by atoms with Gasteiger partial charge in [0, 0.05) is 11.5 Å². The van der Waals surface area contributed by atoms with Crippen LogP contribution in [0.3, 0.4) is 0 Å². The molecule has 1 aliphatic rings. The van der Waals surface area contributed by atoms with E-state index in [0.717, 1.165) is 0 Å². The van der Waals surface area contributed by atoms with E-state index >= 15 is 0 Å². The second-order valence-electron chi connectivity index (χ2n) is 6.54. The van der Waals surface area contributed by atoms with Gasteiger partial charge in [-0.15, -0.1) is 0 Å². The monoisotopic (exact) mass is 273 g/mol. The van der Waals surface area contributed by atoms with E-state index in [2.05, 4.69) is 37.3 Å². The number of rotatable bonds is 9. The van der Waals surface area contributed by atoms with E-state index in [-0.39, 0.29) is 0 Å². The molecule has 1 aromatic carbocycles. The molecule has 0 saturated heterocycles. The Bertz CT molecular complexity index is 367. The highest BCUT2D eigenvalue weighted by Gasteiger charge is 2.43. The lowest BCUT2D eigenvalue weighted by molar-refractivity contribution is 0.186. The molecule has 1 fully saturated rings. The van der Waals surface area contributed by atoms with Crippen LogP contribution >= 0.6 is 0 Å². The molecule has 1 saturated carbocycles. The van der Waals surface area contributed by atoms with Crippen molar-refractivity contribution >= 4 is 0 Å². The van der Waals surface area contributed by atoms with Gasteiger partial charge in [-0.2, -0.15) is 0 Å². The largest absolute Gasteiger partial charge is 0.327 e. The first kappa shape index (κ1) is 15.6. The van der Waals surface area contributed by atoms with Crippen LogP contribution in [0.4, 0.5) is 0 Å². The molecule has 1 aromatic rings. The van der Waals surface area contributed by atoms with Crippen LogP contribution in [0.2, 0.25) is 0 Å². The molecule has 2 N–H and O–H groups in total. The highest BCUT2D eigenvalue weighted by atomic mass is 14.7. The summed E-state index contributed by atoms with van der Waals surface area (Å²) < 4.78 is 0. The molecule has 1 nitrogen and oxygen atoms in total. The first-order valence-corrected chi connectivity index (χ1v) is 8.61. The van der Waals surface area contributed by atoms with Crippen LogP contribution in [0.1, 0.15) is 76.7 Å². The highest BCUT2D eigenvalue weighted by Crippen LogP contribution is 2.46. The SMILES string of the molecule is CCCCCCCCC(N)C1(c2ccccc2)CCC1. The molecule has 1 atom stereocenters. The quantitative estimate of drug-likeness (QED) is 0.616. The molecule has 0 heterocycles. The Morgan fingerprint density at radius 2 is 1.65 bits per heavy atom. The summed E-state index contributed by atoms with van der Waals surface area (Å²) in [7, 11) is 0. The first-order valence-electron chi connectivity index (χ1n) is 8.61. The van der Waals surface area contributed by atoms with Crippen molar-refractivity contribution in [3.8, 4) is 0 Å². The fourth-order valence-corrected chi connectivity index (χ4v) is 3.62. The summed E-state index contributed by atoms with van der Waals surface area (Å²) in [6, 6.07) is 11.3. The van der Waals surface area contributed by atoms with Gasteiger partial charge in [0.15, 0.2) is 0 Å². The van der Waals surface area contributed by atoms with Gasteiger partial charge in [-0.1, -0.05) is 82.2 Å². The van der Waals surface area contributed by atoms with Crippen molar-refractivity contribution < 1.29 is 0 Å². The lowest BCUT2D eigenvalue weighted by Crippen LogP contribution is -2.50. The third kappa shape index (κ3) is 3.63. The van der Waals surface area contributed by atoms with Crippen molar-refractivity contribution in [1.82, 2.24) is 0 Å². The first-order chi connectivity index (χ1) is 9.79. The van der Waals surface area contributed by atoms with Crippen LogP contribution in [-0.2, 0) is 5.41 Å². The Labute approximate surface area is 125 Å². The number of benzene rings is 1. The highest BCUT2D eigenvalue weighted by molar-refractivity contribution is 5.30. The molecule has 0 radical (unpaired) electrons. The van der Waals surface area contributed by atoms with Gasteiger partial charge in [0.05, 0.1) is 0 Å². The lowest BCUT2D eigenvalue weighted by atomic mass is 9.59. The van der Waals surface area contributed by atoms with Crippen molar-refractivity contribution in [2.45, 2.75) is 82.6 Å². The maximum Gasteiger partial charge on any atom is 0.0136 e. The number of hydrogen-bond donors (Lipinski definition) is 1. The van der Waals surface area contributed by atoms with Gasteiger partial charge in [-0.05, 0) is 24.8 Å². The molecule has 0 spiro atoms. The molecule has 0 aromatic heterocycles. The number of hydrogen-bond acceptors (Lipinski definition) is 1. The number of unbranched alkanes of at least 4 members (excludes halogenated alkanes) is 5. The molecule has 112 valence electrons. The van der Waals surface area contributed by atoms with E-state index in [9.17, 15) is 0 Å². The Kier molecular flexibility index (Phi) is 6.09. The zero-order valence-corrected chi connectivity index (χ0v) is 13.1. The minimum absolute atomic E-state index is 0.296. The second-order valence-corrected chi connectivity index (χ2v) is 6.54. The summed E-state index contributed by atoms with van der Waals surface area (Å²) >= 11 is 0. The number of nitrogens with two attached hydrogens (primary N) is 1. The van der Waals surface area contributed by atoms with Gasteiger partial charge in [0.25, 0.3) is 0 Å². The third-order valence-corrected chi connectivity index (χ3v) is 5.17. The maximum absolute atomic E-state index is 6.59. The summed E-state index contributed by atoms with van der Waals surface area (Å²) in [5, 5.41) is 0. The maximum atomic E-state index is 6.59. The van der Waals surface area contributed by atoms with Crippen LogP contribution < -0.4 is 5.73 Å². The van der Waals surface area contributed by atoms with E-state index in [1.807, 2.05) is 0 Å². The van der Waals surface area contributed by atoms with Crippen LogP contribution in [-0.4, -0.2) is 6.04 Å². The molecule has 20 heavy (non-hydrogen) atoms. The smallest absolute Gasteiger partial charge is 0.0136 e. The zero-order chi connectivity index (χ0) is 14.3. The molecule has 2 rings (SSSR count). The van der Waals surface area contributed by atoms with E-state index in [1.54, 1.807) is 0 Å². The van der Waals surface area contributed by atoms with E-state index < -0.39 is 0 Å². The summed E-state index contributed by atoms with van der Waals surface area (Å²) in [6.07, 6.45) is 13.3. The molecule has 1 unspecified atom stereocenters. The summed E-state index contributed by atoms with van der Waals surface area (Å²) in [5.74, 6) is 0. The Balaban J connectivity index is 1.79. The predicted molar refractivity (Wildman–Crippen MR) is 87.9 cm³/mol. The van der Waals surface area contributed by atoms with Crippen molar-refractivity contribution in [3.05, 3.63) is 35.9 Å². The molecule has 0 amide bonds. The van der Waals surface area contributed by atoms with E-state index in [4.69, 9.17) is 5.73 Å². The summed E-state index contributed by atoms with van der Waals surface area (Å²) in [5.41, 5.74) is 8.36. The van der Waals surface area contributed by atoms with E-state index in [0.29, 0.717) is 11.5 Å². The van der Waals surface area contributed by atoms with Crippen molar-refractivity contribution in [2.75, 3.05) is 0 Å².